The summed E-state index contributed by atoms with van der Waals surface area (Å²) in [6.07, 6.45) is -16.7. The molecule has 0 aromatic heterocycles. The van der Waals surface area contributed by atoms with E-state index in [0.29, 0.717) is 20.0 Å². The zero-order valence-corrected chi connectivity index (χ0v) is 24.5. The van der Waals surface area contributed by atoms with Crippen molar-refractivity contribution in [1.29, 1.82) is 0 Å². The molecule has 250 valence electrons. The van der Waals surface area contributed by atoms with Crippen molar-refractivity contribution in [1.82, 2.24) is 0 Å². The minimum atomic E-state index is -1.40. The third-order valence-electron chi connectivity index (χ3n) is 9.01. The molecule has 19 atom stereocenters. The molecule has 1 aliphatic carbocycles. The molecule has 0 aromatic carbocycles. The second-order valence-corrected chi connectivity index (χ2v) is 12.2. The first-order valence-electron chi connectivity index (χ1n) is 15.0. The monoisotopic (exact) mass is 623 g/mol. The molecule has 4 fully saturated rings. The maximum atomic E-state index is 11.4. The van der Waals surface area contributed by atoms with Crippen LogP contribution in [0, 0.1) is 5.92 Å². The van der Waals surface area contributed by atoms with Crippen LogP contribution in [0.15, 0.2) is 0 Å². The minimum Gasteiger partial charge on any atom is -0.390 e. The van der Waals surface area contributed by atoms with Crippen molar-refractivity contribution in [2.45, 2.75) is 137 Å². The van der Waals surface area contributed by atoms with Crippen LogP contribution in [0.3, 0.4) is 0 Å². The Kier molecular flexibility index (Phi) is 12.2. The van der Waals surface area contributed by atoms with E-state index >= 15 is 0 Å². The van der Waals surface area contributed by atoms with Crippen molar-refractivity contribution in [3.8, 4) is 0 Å². The quantitative estimate of drug-likeness (QED) is 0.101. The molecule has 9 unspecified atom stereocenters. The summed E-state index contributed by atoms with van der Waals surface area (Å²) in [7, 11) is 0.654. The summed E-state index contributed by atoms with van der Waals surface area (Å²) in [4.78, 5) is 0. The Labute approximate surface area is 251 Å². The zero-order valence-electron chi connectivity index (χ0n) is 24.5. The van der Waals surface area contributed by atoms with E-state index in [1.54, 1.807) is 6.92 Å². The van der Waals surface area contributed by atoms with E-state index in [1.807, 2.05) is 6.82 Å². The molecule has 1 saturated carbocycles. The highest BCUT2D eigenvalue weighted by atomic mass is 16.8. The van der Waals surface area contributed by atoms with E-state index in [0.717, 1.165) is 0 Å². The van der Waals surface area contributed by atoms with Crippen LogP contribution in [0.2, 0.25) is 13.1 Å². The molecular formula is C25H50BN5O12. The molecule has 0 radical (unpaired) electrons. The molecule has 3 heterocycles. The average molecular weight is 624 g/mol. The summed E-state index contributed by atoms with van der Waals surface area (Å²) >= 11 is 0. The maximum Gasteiger partial charge on any atom is 0.187 e. The number of aliphatic hydroxyl groups is 6. The number of ether oxygens (including phenoxy) is 6. The molecule has 0 amide bonds. The van der Waals surface area contributed by atoms with Crippen LogP contribution in [-0.2, 0) is 28.4 Å². The average Bonchev–Trinajstić information content (AvgIpc) is 3.26. The van der Waals surface area contributed by atoms with Gasteiger partial charge in [-0.3, -0.25) is 0 Å². The molecule has 4 aliphatic rings. The lowest BCUT2D eigenvalue weighted by atomic mass is 9.74. The molecule has 3 saturated heterocycles. The van der Waals surface area contributed by atoms with Gasteiger partial charge in [0, 0.05) is 19.1 Å². The predicted molar refractivity (Wildman–Crippen MR) is 150 cm³/mol. The first kappa shape index (κ1) is 35.2. The highest BCUT2D eigenvalue weighted by molar-refractivity contribution is 6.33. The van der Waals surface area contributed by atoms with Gasteiger partial charge in [0.15, 0.2) is 18.9 Å². The lowest BCUT2D eigenvalue weighted by Crippen LogP contribution is -2.66. The van der Waals surface area contributed by atoms with Gasteiger partial charge < -0.3 is 87.7 Å². The van der Waals surface area contributed by atoms with Gasteiger partial charge in [-0.15, -0.1) is 0 Å². The molecule has 3 aliphatic heterocycles. The van der Waals surface area contributed by atoms with Crippen molar-refractivity contribution in [2.75, 3.05) is 13.1 Å². The highest BCUT2D eigenvalue weighted by Gasteiger charge is 2.54. The number of rotatable bonds is 10. The fourth-order valence-corrected chi connectivity index (χ4v) is 6.31. The van der Waals surface area contributed by atoms with Crippen LogP contribution in [0.25, 0.3) is 0 Å². The summed E-state index contributed by atoms with van der Waals surface area (Å²) in [6.45, 7) is 3.49. The van der Waals surface area contributed by atoms with Gasteiger partial charge >= 0.3 is 0 Å². The predicted octanol–water partition coefficient (Wildman–Crippen LogP) is -6.68. The summed E-state index contributed by atoms with van der Waals surface area (Å²) in [5.74, 6) is -0.322. The summed E-state index contributed by atoms with van der Waals surface area (Å²) in [5.41, 5.74) is 30.0. The van der Waals surface area contributed by atoms with Crippen LogP contribution < -0.4 is 28.7 Å². The SMILES string of the molecule is CBC[C@H]1OC(O[C@@H]2[C@H](O)C(C)CC(N)[C@H]2OC2OC(CN)[C@@H](O)[C@H](O)[C@@H]2N)[C@@H](O)[C@H]1OC1O[C@@H](CN)C(O)C(O)C1N. The number of nitrogens with two attached hydrogens (primary N) is 5. The first-order valence-corrected chi connectivity index (χ1v) is 15.0. The summed E-state index contributed by atoms with van der Waals surface area (Å²) in [5, 5.41) is 63.8. The molecule has 0 spiro atoms. The fourth-order valence-electron chi connectivity index (χ4n) is 6.31. The lowest BCUT2D eigenvalue weighted by molar-refractivity contribution is -0.308. The van der Waals surface area contributed by atoms with Crippen molar-refractivity contribution in [2.24, 2.45) is 34.6 Å². The molecule has 18 heteroatoms. The Hall–Kier alpha value is -0.615. The standard InChI is InChI=1S/C25H50BN5O12/c1-7-3-8(29)20(41-23-12(30)17(35)15(33)10(5-27)39-23)22(14(7)32)43-25-19(37)21(9(38-25)4-26-2)42-24-13(31)18(36)16(34)11(6-28)40-24/h7-26,32-37H,3-6,27-31H2,1-2H3/t7?,8?,9-,10?,11+,12+,13?,14-,15-,16?,17-,18?,19+,20-,21+,22-,23?,24?,25?/m1/s1. The van der Waals surface area contributed by atoms with Gasteiger partial charge in [-0.2, -0.15) is 0 Å². The van der Waals surface area contributed by atoms with Crippen molar-refractivity contribution in [3.05, 3.63) is 0 Å². The van der Waals surface area contributed by atoms with Gasteiger partial charge in [0.05, 0.1) is 24.3 Å². The number of hydrogen-bond acceptors (Lipinski definition) is 17. The van der Waals surface area contributed by atoms with Crippen LogP contribution in [-0.4, -0.2) is 161 Å². The first-order chi connectivity index (χ1) is 20.3. The van der Waals surface area contributed by atoms with Crippen LogP contribution in [0.4, 0.5) is 0 Å². The van der Waals surface area contributed by atoms with E-state index in [9.17, 15) is 30.6 Å². The summed E-state index contributed by atoms with van der Waals surface area (Å²) < 4.78 is 35.8. The Morgan fingerprint density at radius 1 is 0.628 bits per heavy atom. The topological polar surface area (TPSA) is 307 Å². The zero-order chi connectivity index (χ0) is 31.7. The number of hydrogen-bond donors (Lipinski definition) is 11. The van der Waals surface area contributed by atoms with Gasteiger partial charge in [0.2, 0.25) is 0 Å². The van der Waals surface area contributed by atoms with E-state index < -0.39 is 110 Å². The smallest absolute Gasteiger partial charge is 0.187 e. The van der Waals surface area contributed by atoms with Crippen molar-refractivity contribution < 1.29 is 59.1 Å². The van der Waals surface area contributed by atoms with Crippen LogP contribution >= 0.6 is 0 Å². The molecule has 4 rings (SSSR count). The molecular weight excluding hydrogens is 573 g/mol. The van der Waals surface area contributed by atoms with Gasteiger partial charge in [0.25, 0.3) is 0 Å². The Morgan fingerprint density at radius 3 is 1.58 bits per heavy atom. The van der Waals surface area contributed by atoms with Crippen molar-refractivity contribution in [3.63, 3.8) is 0 Å². The Bertz CT molecular complexity index is 886. The normalized spacial score (nSPS) is 52.7. The van der Waals surface area contributed by atoms with E-state index in [1.165, 1.54) is 0 Å². The van der Waals surface area contributed by atoms with E-state index in [2.05, 4.69) is 0 Å². The summed E-state index contributed by atoms with van der Waals surface area (Å²) in [6, 6.07) is -2.98. The Balaban J connectivity index is 1.51. The van der Waals surface area contributed by atoms with Crippen LogP contribution in [0.1, 0.15) is 13.3 Å². The molecule has 16 N–H and O–H groups in total. The van der Waals surface area contributed by atoms with Gasteiger partial charge in [-0.1, -0.05) is 13.7 Å². The molecule has 17 nitrogen and oxygen atoms in total. The maximum absolute atomic E-state index is 11.4. The third-order valence-corrected chi connectivity index (χ3v) is 9.01. The van der Waals surface area contributed by atoms with Gasteiger partial charge in [-0.25, -0.2) is 0 Å². The van der Waals surface area contributed by atoms with Gasteiger partial charge in [0.1, 0.15) is 68.3 Å². The van der Waals surface area contributed by atoms with E-state index in [4.69, 9.17) is 57.1 Å². The molecule has 43 heavy (non-hydrogen) atoms. The van der Waals surface area contributed by atoms with Crippen molar-refractivity contribution >= 4 is 7.28 Å². The lowest BCUT2D eigenvalue weighted by Gasteiger charge is -2.47. The second-order valence-electron chi connectivity index (χ2n) is 12.2. The second kappa shape index (κ2) is 14.9. The molecule has 0 aromatic rings. The third kappa shape index (κ3) is 7.21. The molecule has 0 bridgehead atoms. The Morgan fingerprint density at radius 2 is 1.09 bits per heavy atom. The van der Waals surface area contributed by atoms with E-state index in [-0.39, 0.29) is 19.0 Å². The minimum absolute atomic E-state index is 0.103. The van der Waals surface area contributed by atoms with Crippen LogP contribution in [0.5, 0.6) is 0 Å². The van der Waals surface area contributed by atoms with Gasteiger partial charge in [-0.05, 0) is 18.7 Å². The highest BCUT2D eigenvalue weighted by Crippen LogP contribution is 2.36. The fraction of sp³-hybridized carbons (Fsp3) is 1.00. The number of aliphatic hydroxyl groups excluding tert-OH is 6. The largest absolute Gasteiger partial charge is 0.390 e.